The van der Waals surface area contributed by atoms with Gasteiger partial charge in [0.15, 0.2) is 11.5 Å². The molecule has 5 heterocycles. The average Bonchev–Trinajstić information content (AvgIpc) is 3.60. The highest BCUT2D eigenvalue weighted by atomic mass is 19.1. The zero-order valence-corrected chi connectivity index (χ0v) is 20.5. The molecule has 0 saturated heterocycles. The molecule has 0 aliphatic heterocycles. The Labute approximate surface area is 211 Å². The molecule has 0 atom stereocenters. The molecule has 0 radical (unpaired) electrons. The van der Waals surface area contributed by atoms with E-state index in [1.54, 1.807) is 23.3 Å². The topological polar surface area (TPSA) is 113 Å². The molecule has 6 rings (SSSR count). The molecule has 0 aliphatic carbocycles. The fourth-order valence-electron chi connectivity index (χ4n) is 4.21. The Hall–Kier alpha value is -4.64. The zero-order valence-electron chi connectivity index (χ0n) is 20.5. The molecule has 5 aromatic heterocycles. The monoisotopic (exact) mass is 497 g/mol. The third kappa shape index (κ3) is 4.40. The van der Waals surface area contributed by atoms with Crippen molar-refractivity contribution in [1.82, 2.24) is 44.8 Å². The number of fused-ring (bicyclic) bond motifs is 2. The standard InChI is InChI=1S/C26H24FN9O/c1-35(2)6-7-37-18-9-15(8-17(27)10-18)19-4-5-28-25-23(19)31-26(32-25)24-20-11-21(16-12-30-36(3)14-16)29-13-22(20)33-34-24/h4-5,8-14H,6-7H2,1-3H3,(H,33,34)(H,28,31,32). The summed E-state index contributed by atoms with van der Waals surface area (Å²) in [5.74, 6) is 0.626. The lowest BCUT2D eigenvalue weighted by Crippen LogP contribution is -2.19. The molecular formula is C26H24FN9O. The highest BCUT2D eigenvalue weighted by Crippen LogP contribution is 2.33. The van der Waals surface area contributed by atoms with Crippen molar-refractivity contribution in [2.45, 2.75) is 0 Å². The Balaban J connectivity index is 1.40. The van der Waals surface area contributed by atoms with Gasteiger partial charge in [-0.25, -0.2) is 14.4 Å². The number of H-pyrrole nitrogens is 2. The molecule has 11 heteroatoms. The predicted molar refractivity (Wildman–Crippen MR) is 138 cm³/mol. The lowest BCUT2D eigenvalue weighted by molar-refractivity contribution is 0.260. The van der Waals surface area contributed by atoms with Crippen LogP contribution in [0.3, 0.4) is 0 Å². The minimum absolute atomic E-state index is 0.383. The summed E-state index contributed by atoms with van der Waals surface area (Å²) in [6.07, 6.45) is 7.08. The highest BCUT2D eigenvalue weighted by molar-refractivity contribution is 5.96. The van der Waals surface area contributed by atoms with Crippen LogP contribution in [0.25, 0.3) is 56.0 Å². The summed E-state index contributed by atoms with van der Waals surface area (Å²) in [6.45, 7) is 1.18. The number of nitrogens with zero attached hydrogens (tertiary/aromatic N) is 7. The van der Waals surface area contributed by atoms with Crippen LogP contribution in [0.15, 0.2) is 55.1 Å². The summed E-state index contributed by atoms with van der Waals surface area (Å²) in [4.78, 5) is 19.1. The molecule has 2 N–H and O–H groups in total. The first kappa shape index (κ1) is 22.8. The van der Waals surface area contributed by atoms with Crippen LogP contribution < -0.4 is 4.74 Å². The number of pyridine rings is 2. The van der Waals surface area contributed by atoms with Gasteiger partial charge in [-0.2, -0.15) is 10.2 Å². The number of rotatable bonds is 7. The van der Waals surface area contributed by atoms with E-state index in [0.29, 0.717) is 40.6 Å². The van der Waals surface area contributed by atoms with E-state index in [1.807, 2.05) is 50.4 Å². The van der Waals surface area contributed by atoms with Crippen LogP contribution in [0.1, 0.15) is 0 Å². The smallest absolute Gasteiger partial charge is 0.160 e. The second kappa shape index (κ2) is 9.10. The third-order valence-corrected chi connectivity index (χ3v) is 6.05. The van der Waals surface area contributed by atoms with Crippen LogP contribution in [0.2, 0.25) is 0 Å². The molecule has 6 aromatic rings. The number of aromatic nitrogens is 8. The van der Waals surface area contributed by atoms with Crippen LogP contribution in [0.5, 0.6) is 5.75 Å². The Morgan fingerprint density at radius 1 is 1.08 bits per heavy atom. The number of hydrogen-bond donors (Lipinski definition) is 2. The summed E-state index contributed by atoms with van der Waals surface area (Å²) < 4.78 is 22.0. The number of benzene rings is 1. The number of imidazole rings is 1. The maximum atomic E-state index is 14.5. The second-order valence-electron chi connectivity index (χ2n) is 9.06. The van der Waals surface area contributed by atoms with Gasteiger partial charge in [0.2, 0.25) is 0 Å². The maximum Gasteiger partial charge on any atom is 0.160 e. The number of likely N-dealkylation sites (N-methyl/N-ethyl adjacent to an activating group) is 1. The second-order valence-corrected chi connectivity index (χ2v) is 9.06. The molecule has 0 fully saturated rings. The number of hydrogen-bond acceptors (Lipinski definition) is 7. The van der Waals surface area contributed by atoms with Crippen molar-refractivity contribution >= 4 is 22.1 Å². The minimum Gasteiger partial charge on any atom is -0.492 e. The molecule has 0 amide bonds. The van der Waals surface area contributed by atoms with Crippen LogP contribution >= 0.6 is 0 Å². The van der Waals surface area contributed by atoms with Gasteiger partial charge in [0.1, 0.15) is 29.4 Å². The number of aryl methyl sites for hydroxylation is 1. The van der Waals surface area contributed by atoms with Gasteiger partial charge in [-0.15, -0.1) is 0 Å². The predicted octanol–water partition coefficient (Wildman–Crippen LogP) is 4.04. The van der Waals surface area contributed by atoms with Gasteiger partial charge in [-0.05, 0) is 43.9 Å². The third-order valence-electron chi connectivity index (χ3n) is 6.05. The van der Waals surface area contributed by atoms with Crippen LogP contribution in [-0.4, -0.2) is 72.1 Å². The van der Waals surface area contributed by atoms with Gasteiger partial charge in [0, 0.05) is 48.6 Å². The summed E-state index contributed by atoms with van der Waals surface area (Å²) in [5.41, 5.74) is 5.67. The number of halogens is 1. The summed E-state index contributed by atoms with van der Waals surface area (Å²) in [7, 11) is 5.78. The van der Waals surface area contributed by atoms with Crippen LogP contribution in [0, 0.1) is 5.82 Å². The van der Waals surface area contributed by atoms with Gasteiger partial charge in [0.05, 0.1) is 23.6 Å². The van der Waals surface area contributed by atoms with Gasteiger partial charge >= 0.3 is 0 Å². The van der Waals surface area contributed by atoms with E-state index in [0.717, 1.165) is 34.3 Å². The summed E-state index contributed by atoms with van der Waals surface area (Å²) in [5, 5.41) is 12.6. The number of ether oxygens (including phenoxy) is 1. The largest absolute Gasteiger partial charge is 0.492 e. The molecule has 1 aromatic carbocycles. The van der Waals surface area contributed by atoms with E-state index in [-0.39, 0.29) is 5.82 Å². The first-order valence-corrected chi connectivity index (χ1v) is 11.7. The van der Waals surface area contributed by atoms with Crippen molar-refractivity contribution < 1.29 is 9.13 Å². The van der Waals surface area contributed by atoms with Crippen molar-refractivity contribution in [1.29, 1.82) is 0 Å². The Kier molecular flexibility index (Phi) is 5.61. The van der Waals surface area contributed by atoms with Crippen LogP contribution in [0.4, 0.5) is 4.39 Å². The molecule has 10 nitrogen and oxygen atoms in total. The molecule has 0 unspecified atom stereocenters. The van der Waals surface area contributed by atoms with Gasteiger partial charge in [-0.1, -0.05) is 0 Å². The first-order valence-electron chi connectivity index (χ1n) is 11.7. The van der Waals surface area contributed by atoms with Crippen molar-refractivity contribution in [2.75, 3.05) is 27.2 Å². The Morgan fingerprint density at radius 2 is 1.97 bits per heavy atom. The molecule has 0 saturated carbocycles. The van der Waals surface area contributed by atoms with E-state index in [2.05, 4.69) is 30.2 Å². The average molecular weight is 498 g/mol. The fourth-order valence-corrected chi connectivity index (χ4v) is 4.21. The molecule has 0 spiro atoms. The number of nitrogens with one attached hydrogen (secondary N) is 2. The normalized spacial score (nSPS) is 11.7. The van der Waals surface area contributed by atoms with Crippen molar-refractivity contribution in [3.63, 3.8) is 0 Å². The summed E-state index contributed by atoms with van der Waals surface area (Å²) >= 11 is 0. The van der Waals surface area contributed by atoms with Crippen LogP contribution in [-0.2, 0) is 7.05 Å². The zero-order chi connectivity index (χ0) is 25.5. The van der Waals surface area contributed by atoms with Gasteiger partial charge in [-0.3, -0.25) is 14.8 Å². The highest BCUT2D eigenvalue weighted by Gasteiger charge is 2.18. The summed E-state index contributed by atoms with van der Waals surface area (Å²) in [6, 6.07) is 8.45. The molecule has 37 heavy (non-hydrogen) atoms. The van der Waals surface area contributed by atoms with E-state index in [9.17, 15) is 4.39 Å². The van der Waals surface area contributed by atoms with E-state index < -0.39 is 0 Å². The molecule has 0 aliphatic rings. The van der Waals surface area contributed by atoms with Crippen molar-refractivity contribution in [3.05, 3.63) is 60.9 Å². The molecule has 186 valence electrons. The van der Waals surface area contributed by atoms with E-state index in [4.69, 9.17) is 9.72 Å². The lowest BCUT2D eigenvalue weighted by Gasteiger charge is -2.12. The van der Waals surface area contributed by atoms with E-state index in [1.165, 1.54) is 12.1 Å². The SMILES string of the molecule is CN(C)CCOc1cc(F)cc(-c2ccnc3[nH]c(-c4n[nH]c5cnc(-c6cnn(C)c6)cc45)nc23)c1. The Morgan fingerprint density at radius 3 is 2.78 bits per heavy atom. The maximum absolute atomic E-state index is 14.5. The quantitative estimate of drug-likeness (QED) is 0.342. The van der Waals surface area contributed by atoms with Crippen molar-refractivity contribution in [2.24, 2.45) is 7.05 Å². The fraction of sp³-hybridized carbons (Fsp3) is 0.192. The lowest BCUT2D eigenvalue weighted by atomic mass is 10.1. The number of aromatic amines is 2. The van der Waals surface area contributed by atoms with E-state index >= 15 is 0 Å². The Bertz CT molecular complexity index is 1730. The minimum atomic E-state index is -0.383. The molecule has 0 bridgehead atoms. The van der Waals surface area contributed by atoms with Crippen molar-refractivity contribution in [3.8, 4) is 39.7 Å². The van der Waals surface area contributed by atoms with Gasteiger partial charge < -0.3 is 14.6 Å². The first-order chi connectivity index (χ1) is 17.9. The molecular weight excluding hydrogens is 473 g/mol. The van der Waals surface area contributed by atoms with Gasteiger partial charge in [0.25, 0.3) is 0 Å².